The Morgan fingerprint density at radius 1 is 1.26 bits per heavy atom. The number of para-hydroxylation sites is 2. The topological polar surface area (TPSA) is 52.6 Å². The van der Waals surface area contributed by atoms with Crippen molar-refractivity contribution in [2.24, 2.45) is 0 Å². The Bertz CT molecular complexity index is 703. The Morgan fingerprint density at radius 3 is 2.61 bits per heavy atom. The van der Waals surface area contributed by atoms with E-state index in [1.807, 2.05) is 44.2 Å². The number of rotatable bonds is 3. The first-order chi connectivity index (χ1) is 11.0. The van der Waals surface area contributed by atoms with Gasteiger partial charge in [0.25, 0.3) is 5.91 Å². The highest BCUT2D eigenvalue weighted by molar-refractivity contribution is 7.12. The summed E-state index contributed by atoms with van der Waals surface area (Å²) in [4.78, 5) is 17.0. The average Bonchev–Trinajstić information content (AvgIpc) is 2.87. The molecular weight excluding hydrogens is 308 g/mol. The highest BCUT2D eigenvalue weighted by Gasteiger charge is 2.20. The number of thiophene rings is 1. The molecule has 1 aromatic carbocycles. The standard InChI is InChI=1S/C18H22N2O2S/c1-12-11-15(13(2)23-12)18(22)19-16-5-3-4-6-17(16)20-9-7-14(21)8-10-20/h3-6,11,14,21H,7-10H2,1-2H3,(H,19,22). The Morgan fingerprint density at radius 2 is 1.96 bits per heavy atom. The van der Waals surface area contributed by atoms with Crippen LogP contribution in [0.25, 0.3) is 0 Å². The van der Waals surface area contributed by atoms with Gasteiger partial charge in [-0.05, 0) is 44.9 Å². The number of hydrogen-bond acceptors (Lipinski definition) is 4. The molecule has 1 aliphatic heterocycles. The fraction of sp³-hybridized carbons (Fsp3) is 0.389. The van der Waals surface area contributed by atoms with Crippen LogP contribution in [0.15, 0.2) is 30.3 Å². The second kappa shape index (κ2) is 6.72. The molecule has 3 rings (SSSR count). The normalized spacial score (nSPS) is 15.7. The SMILES string of the molecule is Cc1cc(C(=O)Nc2ccccc2N2CCC(O)CC2)c(C)s1. The van der Waals surface area contributed by atoms with Crippen LogP contribution in [0.2, 0.25) is 0 Å². The van der Waals surface area contributed by atoms with Crippen LogP contribution < -0.4 is 10.2 Å². The number of hydrogen-bond donors (Lipinski definition) is 2. The summed E-state index contributed by atoms with van der Waals surface area (Å²) in [6.07, 6.45) is 1.33. The minimum Gasteiger partial charge on any atom is -0.393 e. The molecule has 0 unspecified atom stereocenters. The monoisotopic (exact) mass is 330 g/mol. The molecule has 23 heavy (non-hydrogen) atoms. The van der Waals surface area contributed by atoms with Crippen molar-refractivity contribution < 1.29 is 9.90 Å². The maximum atomic E-state index is 12.6. The van der Waals surface area contributed by atoms with Gasteiger partial charge in [0.1, 0.15) is 0 Å². The van der Waals surface area contributed by atoms with Gasteiger partial charge in [-0.2, -0.15) is 0 Å². The van der Waals surface area contributed by atoms with Crippen LogP contribution >= 0.6 is 11.3 Å². The molecule has 1 saturated heterocycles. The second-order valence-electron chi connectivity index (χ2n) is 6.02. The van der Waals surface area contributed by atoms with Crippen molar-refractivity contribution in [3.8, 4) is 0 Å². The lowest BCUT2D eigenvalue weighted by Gasteiger charge is -2.32. The number of aliphatic hydroxyl groups is 1. The van der Waals surface area contributed by atoms with E-state index in [2.05, 4.69) is 10.2 Å². The van der Waals surface area contributed by atoms with Gasteiger partial charge in [-0.1, -0.05) is 12.1 Å². The van der Waals surface area contributed by atoms with Gasteiger partial charge in [-0.25, -0.2) is 0 Å². The third-order valence-corrected chi connectivity index (χ3v) is 5.21. The Kier molecular flexibility index (Phi) is 4.68. The zero-order chi connectivity index (χ0) is 16.4. The number of amides is 1. The number of carbonyl (C=O) groups excluding carboxylic acids is 1. The number of piperidine rings is 1. The predicted molar refractivity (Wildman–Crippen MR) is 95.6 cm³/mol. The van der Waals surface area contributed by atoms with Crippen LogP contribution in [-0.4, -0.2) is 30.2 Å². The third kappa shape index (κ3) is 3.57. The average molecular weight is 330 g/mol. The molecular formula is C18H22N2O2S. The van der Waals surface area contributed by atoms with Gasteiger partial charge in [0.15, 0.2) is 0 Å². The summed E-state index contributed by atoms with van der Waals surface area (Å²) >= 11 is 1.64. The lowest BCUT2D eigenvalue weighted by molar-refractivity contribution is 0.102. The van der Waals surface area contributed by atoms with E-state index in [1.165, 1.54) is 0 Å². The van der Waals surface area contributed by atoms with E-state index < -0.39 is 0 Å². The van der Waals surface area contributed by atoms with Crippen LogP contribution in [0.4, 0.5) is 11.4 Å². The number of nitrogens with zero attached hydrogens (tertiary/aromatic N) is 1. The molecule has 1 fully saturated rings. The third-order valence-electron chi connectivity index (χ3n) is 4.24. The fourth-order valence-corrected chi connectivity index (χ4v) is 3.93. The summed E-state index contributed by atoms with van der Waals surface area (Å²) in [5.41, 5.74) is 2.60. The van der Waals surface area contributed by atoms with Crippen LogP contribution in [0.3, 0.4) is 0 Å². The minimum atomic E-state index is -0.204. The fourth-order valence-electron chi connectivity index (χ4n) is 3.01. The molecule has 1 aromatic heterocycles. The molecule has 1 aliphatic rings. The molecule has 2 heterocycles. The van der Waals surface area contributed by atoms with E-state index in [0.717, 1.165) is 52.6 Å². The summed E-state index contributed by atoms with van der Waals surface area (Å²) in [5, 5.41) is 12.7. The summed E-state index contributed by atoms with van der Waals surface area (Å²) in [5.74, 6) is -0.0589. The molecule has 5 heteroatoms. The van der Waals surface area contributed by atoms with Crippen molar-refractivity contribution in [1.29, 1.82) is 0 Å². The van der Waals surface area contributed by atoms with Gasteiger partial charge in [0.05, 0.1) is 23.0 Å². The van der Waals surface area contributed by atoms with Gasteiger partial charge < -0.3 is 15.3 Å². The molecule has 0 aliphatic carbocycles. The van der Waals surface area contributed by atoms with E-state index >= 15 is 0 Å². The van der Waals surface area contributed by atoms with E-state index in [0.29, 0.717) is 0 Å². The van der Waals surface area contributed by atoms with E-state index in [1.54, 1.807) is 11.3 Å². The zero-order valence-electron chi connectivity index (χ0n) is 13.5. The zero-order valence-corrected chi connectivity index (χ0v) is 14.3. The molecule has 2 N–H and O–H groups in total. The number of aryl methyl sites for hydroxylation is 2. The Labute approximate surface area is 140 Å². The summed E-state index contributed by atoms with van der Waals surface area (Å²) in [7, 11) is 0. The van der Waals surface area contributed by atoms with Crippen molar-refractivity contribution in [1.82, 2.24) is 0 Å². The quantitative estimate of drug-likeness (QED) is 0.904. The van der Waals surface area contributed by atoms with Gasteiger partial charge in [-0.3, -0.25) is 4.79 Å². The molecule has 2 aromatic rings. The minimum absolute atomic E-state index is 0.0589. The van der Waals surface area contributed by atoms with Gasteiger partial charge in [0, 0.05) is 22.8 Å². The Hall–Kier alpha value is -1.85. The van der Waals surface area contributed by atoms with Crippen molar-refractivity contribution >= 4 is 28.6 Å². The summed E-state index contributed by atoms with van der Waals surface area (Å²) < 4.78 is 0. The van der Waals surface area contributed by atoms with Gasteiger partial charge in [0.2, 0.25) is 0 Å². The smallest absolute Gasteiger partial charge is 0.256 e. The van der Waals surface area contributed by atoms with Gasteiger partial charge >= 0.3 is 0 Å². The van der Waals surface area contributed by atoms with Crippen molar-refractivity contribution in [2.45, 2.75) is 32.8 Å². The molecule has 0 saturated carbocycles. The molecule has 0 spiro atoms. The molecule has 122 valence electrons. The number of nitrogens with one attached hydrogen (secondary N) is 1. The van der Waals surface area contributed by atoms with E-state index in [9.17, 15) is 9.90 Å². The molecule has 0 atom stereocenters. The highest BCUT2D eigenvalue weighted by Crippen LogP contribution is 2.29. The molecule has 1 amide bonds. The van der Waals surface area contributed by atoms with Crippen molar-refractivity contribution in [2.75, 3.05) is 23.3 Å². The first-order valence-corrected chi connectivity index (χ1v) is 8.76. The highest BCUT2D eigenvalue weighted by atomic mass is 32.1. The lowest BCUT2D eigenvalue weighted by atomic mass is 10.1. The first-order valence-electron chi connectivity index (χ1n) is 7.95. The summed E-state index contributed by atoms with van der Waals surface area (Å²) in [6, 6.07) is 9.82. The number of benzene rings is 1. The van der Waals surface area contributed by atoms with Crippen LogP contribution in [0, 0.1) is 13.8 Å². The maximum Gasteiger partial charge on any atom is 0.256 e. The van der Waals surface area contributed by atoms with E-state index in [-0.39, 0.29) is 12.0 Å². The molecule has 0 radical (unpaired) electrons. The Balaban J connectivity index is 1.80. The van der Waals surface area contributed by atoms with Crippen LogP contribution in [0.1, 0.15) is 33.0 Å². The van der Waals surface area contributed by atoms with Crippen molar-refractivity contribution in [3.05, 3.63) is 45.6 Å². The number of anilines is 2. The number of carbonyl (C=O) groups is 1. The molecule has 4 nitrogen and oxygen atoms in total. The van der Waals surface area contributed by atoms with Gasteiger partial charge in [-0.15, -0.1) is 11.3 Å². The first kappa shape index (κ1) is 16.0. The van der Waals surface area contributed by atoms with Crippen LogP contribution in [0.5, 0.6) is 0 Å². The largest absolute Gasteiger partial charge is 0.393 e. The van der Waals surface area contributed by atoms with Crippen molar-refractivity contribution in [3.63, 3.8) is 0 Å². The second-order valence-corrected chi connectivity index (χ2v) is 7.48. The summed E-state index contributed by atoms with van der Waals surface area (Å²) in [6.45, 7) is 5.61. The van der Waals surface area contributed by atoms with Crippen LogP contribution in [-0.2, 0) is 0 Å². The lowest BCUT2D eigenvalue weighted by Crippen LogP contribution is -2.36. The molecule has 0 bridgehead atoms. The van der Waals surface area contributed by atoms with E-state index in [4.69, 9.17) is 0 Å². The number of aliphatic hydroxyl groups excluding tert-OH is 1. The predicted octanol–water partition coefficient (Wildman–Crippen LogP) is 3.58. The maximum absolute atomic E-state index is 12.6.